The van der Waals surface area contributed by atoms with Gasteiger partial charge in [0.05, 0.1) is 0 Å². The van der Waals surface area contributed by atoms with Crippen molar-refractivity contribution in [2.45, 2.75) is 45.6 Å². The van der Waals surface area contributed by atoms with E-state index in [2.05, 4.69) is 62.3 Å². The Bertz CT molecular complexity index is 400. The van der Waals surface area contributed by atoms with Gasteiger partial charge in [-0.2, -0.15) is 0 Å². The van der Waals surface area contributed by atoms with Crippen LogP contribution >= 0.6 is 0 Å². The summed E-state index contributed by atoms with van der Waals surface area (Å²) in [5.41, 5.74) is 2.83. The summed E-state index contributed by atoms with van der Waals surface area (Å²) in [6.07, 6.45) is 2.53. The molecule has 0 saturated heterocycles. The van der Waals surface area contributed by atoms with Gasteiger partial charge in [0.2, 0.25) is 0 Å². The molecule has 1 aromatic carbocycles. The first-order chi connectivity index (χ1) is 9.08. The Balaban J connectivity index is 2.00. The van der Waals surface area contributed by atoms with E-state index in [-0.39, 0.29) is 0 Å². The van der Waals surface area contributed by atoms with Crippen LogP contribution in [0.4, 0.5) is 5.69 Å². The predicted molar refractivity (Wildman–Crippen MR) is 83.8 cm³/mol. The Morgan fingerprint density at radius 3 is 2.74 bits per heavy atom. The van der Waals surface area contributed by atoms with Crippen LogP contribution in [0.1, 0.15) is 45.1 Å². The van der Waals surface area contributed by atoms with E-state index in [0.717, 1.165) is 12.5 Å². The van der Waals surface area contributed by atoms with E-state index in [4.69, 9.17) is 0 Å². The number of para-hydroxylation sites is 1. The van der Waals surface area contributed by atoms with Crippen molar-refractivity contribution in [3.05, 3.63) is 29.8 Å². The van der Waals surface area contributed by atoms with E-state index in [1.54, 1.807) is 0 Å². The number of rotatable bonds is 5. The smallest absolute Gasteiger partial charge is 0.0376 e. The van der Waals surface area contributed by atoms with Gasteiger partial charge in [-0.15, -0.1) is 0 Å². The predicted octanol–water partition coefficient (Wildman–Crippen LogP) is 3.95. The van der Waals surface area contributed by atoms with Crippen LogP contribution in [0, 0.1) is 5.92 Å². The summed E-state index contributed by atoms with van der Waals surface area (Å²) in [7, 11) is 2.28. The maximum absolute atomic E-state index is 3.51. The molecule has 1 aliphatic rings. The van der Waals surface area contributed by atoms with Gasteiger partial charge < -0.3 is 10.2 Å². The topological polar surface area (TPSA) is 15.3 Å². The number of hydrogen-bond acceptors (Lipinski definition) is 2. The fraction of sp³-hybridized carbons (Fsp3) is 0.647. The largest absolute Gasteiger partial charge is 0.385 e. The van der Waals surface area contributed by atoms with Gasteiger partial charge in [-0.25, -0.2) is 0 Å². The number of nitrogens with zero attached hydrogens (tertiary/aromatic N) is 1. The first kappa shape index (κ1) is 14.4. The van der Waals surface area contributed by atoms with Crippen molar-refractivity contribution in [3.63, 3.8) is 0 Å². The van der Waals surface area contributed by atoms with Gasteiger partial charge in [0, 0.05) is 30.7 Å². The minimum atomic E-state index is 0.669. The van der Waals surface area contributed by atoms with Crippen molar-refractivity contribution >= 4 is 5.69 Å². The average molecular weight is 260 g/mol. The molecule has 2 heteroatoms. The molecule has 1 aliphatic heterocycles. The second kappa shape index (κ2) is 6.42. The Kier molecular flexibility index (Phi) is 4.87. The van der Waals surface area contributed by atoms with E-state index in [1.807, 2.05) is 0 Å². The van der Waals surface area contributed by atoms with E-state index in [1.165, 1.54) is 30.6 Å². The third-order valence-electron chi connectivity index (χ3n) is 4.28. The highest BCUT2D eigenvalue weighted by molar-refractivity contribution is 5.54. The molecule has 1 aromatic rings. The van der Waals surface area contributed by atoms with Gasteiger partial charge in [-0.1, -0.05) is 32.0 Å². The standard InChI is InChI=1S/C17H28N2/c1-13(2)11-14(3)19(4)12-15-9-10-18-17-8-6-5-7-16(15)17/h5-8,13-15,18H,9-12H2,1-4H3. The fourth-order valence-corrected chi connectivity index (χ4v) is 3.13. The first-order valence-corrected chi connectivity index (χ1v) is 7.61. The normalized spacial score (nSPS) is 20.2. The van der Waals surface area contributed by atoms with Gasteiger partial charge in [0.1, 0.15) is 0 Å². The lowest BCUT2D eigenvalue weighted by Gasteiger charge is -2.33. The van der Waals surface area contributed by atoms with Crippen molar-refractivity contribution in [1.82, 2.24) is 4.90 Å². The molecule has 2 nitrogen and oxygen atoms in total. The lowest BCUT2D eigenvalue weighted by molar-refractivity contribution is 0.212. The Hall–Kier alpha value is -1.02. The number of benzene rings is 1. The van der Waals surface area contributed by atoms with Gasteiger partial charge in [0.25, 0.3) is 0 Å². The number of nitrogens with one attached hydrogen (secondary N) is 1. The highest BCUT2D eigenvalue weighted by Gasteiger charge is 2.22. The quantitative estimate of drug-likeness (QED) is 0.862. The van der Waals surface area contributed by atoms with Crippen LogP contribution in [0.5, 0.6) is 0 Å². The van der Waals surface area contributed by atoms with Crippen molar-refractivity contribution < 1.29 is 0 Å². The van der Waals surface area contributed by atoms with Crippen molar-refractivity contribution in [1.29, 1.82) is 0 Å². The van der Waals surface area contributed by atoms with Crippen LogP contribution in [0.15, 0.2) is 24.3 Å². The lowest BCUT2D eigenvalue weighted by atomic mass is 9.90. The number of fused-ring (bicyclic) bond motifs is 1. The molecule has 106 valence electrons. The summed E-state index contributed by atoms with van der Waals surface area (Å²) in [6, 6.07) is 9.45. The van der Waals surface area contributed by atoms with Crippen LogP contribution in [0.2, 0.25) is 0 Å². The maximum atomic E-state index is 3.51. The second-order valence-corrected chi connectivity index (χ2v) is 6.42. The number of anilines is 1. The summed E-state index contributed by atoms with van der Waals surface area (Å²) in [5.74, 6) is 1.45. The van der Waals surface area contributed by atoms with Gasteiger partial charge in [0.15, 0.2) is 0 Å². The van der Waals surface area contributed by atoms with Gasteiger partial charge in [-0.3, -0.25) is 0 Å². The third-order valence-corrected chi connectivity index (χ3v) is 4.28. The number of hydrogen-bond donors (Lipinski definition) is 1. The van der Waals surface area contributed by atoms with Gasteiger partial charge >= 0.3 is 0 Å². The summed E-state index contributed by atoms with van der Waals surface area (Å²) < 4.78 is 0. The van der Waals surface area contributed by atoms with Gasteiger partial charge in [-0.05, 0) is 44.4 Å². The Morgan fingerprint density at radius 1 is 1.26 bits per heavy atom. The fourth-order valence-electron chi connectivity index (χ4n) is 3.13. The highest BCUT2D eigenvalue weighted by atomic mass is 15.1. The van der Waals surface area contributed by atoms with Crippen molar-refractivity contribution in [2.24, 2.45) is 5.92 Å². The minimum absolute atomic E-state index is 0.669. The highest BCUT2D eigenvalue weighted by Crippen LogP contribution is 2.32. The molecule has 0 radical (unpaired) electrons. The summed E-state index contributed by atoms with van der Waals surface area (Å²) in [4.78, 5) is 2.53. The Labute approximate surface area is 118 Å². The van der Waals surface area contributed by atoms with Crippen LogP contribution < -0.4 is 5.32 Å². The monoisotopic (exact) mass is 260 g/mol. The molecular weight excluding hydrogens is 232 g/mol. The molecule has 0 bridgehead atoms. The molecule has 2 atom stereocenters. The van der Waals surface area contributed by atoms with Crippen molar-refractivity contribution in [2.75, 3.05) is 25.5 Å². The molecule has 0 amide bonds. The van der Waals surface area contributed by atoms with E-state index in [0.29, 0.717) is 12.0 Å². The summed E-state index contributed by atoms with van der Waals surface area (Å²) in [5, 5.41) is 3.51. The zero-order chi connectivity index (χ0) is 13.8. The third kappa shape index (κ3) is 3.73. The molecule has 0 spiro atoms. The minimum Gasteiger partial charge on any atom is -0.385 e. The molecule has 2 unspecified atom stereocenters. The molecular formula is C17H28N2. The molecule has 1 N–H and O–H groups in total. The zero-order valence-electron chi connectivity index (χ0n) is 12.8. The molecule has 19 heavy (non-hydrogen) atoms. The van der Waals surface area contributed by atoms with Crippen molar-refractivity contribution in [3.8, 4) is 0 Å². The second-order valence-electron chi connectivity index (χ2n) is 6.42. The summed E-state index contributed by atoms with van der Waals surface area (Å²) in [6.45, 7) is 9.25. The van der Waals surface area contributed by atoms with E-state index < -0.39 is 0 Å². The lowest BCUT2D eigenvalue weighted by Crippen LogP contribution is -2.35. The van der Waals surface area contributed by atoms with Crippen LogP contribution in [-0.4, -0.2) is 31.1 Å². The Morgan fingerprint density at radius 2 is 2.00 bits per heavy atom. The molecule has 2 rings (SSSR count). The molecule has 0 saturated carbocycles. The summed E-state index contributed by atoms with van der Waals surface area (Å²) >= 11 is 0. The first-order valence-electron chi connectivity index (χ1n) is 7.61. The van der Waals surface area contributed by atoms with Crippen LogP contribution in [0.25, 0.3) is 0 Å². The molecule has 0 fully saturated rings. The molecule has 1 heterocycles. The molecule has 0 aromatic heterocycles. The van der Waals surface area contributed by atoms with E-state index in [9.17, 15) is 0 Å². The SMILES string of the molecule is CC(C)CC(C)N(C)CC1CCNc2ccccc21. The maximum Gasteiger partial charge on any atom is 0.0376 e. The van der Waals surface area contributed by atoms with E-state index >= 15 is 0 Å². The number of likely N-dealkylation sites (N-methyl/N-ethyl adjacent to an activating group) is 1. The zero-order valence-corrected chi connectivity index (χ0v) is 12.8. The van der Waals surface area contributed by atoms with Crippen LogP contribution in [-0.2, 0) is 0 Å². The molecule has 0 aliphatic carbocycles. The average Bonchev–Trinajstić information content (AvgIpc) is 2.38. The van der Waals surface area contributed by atoms with Crippen LogP contribution in [0.3, 0.4) is 0 Å².